The van der Waals surface area contributed by atoms with E-state index in [0.717, 1.165) is 6.42 Å². The number of primary amides is 1. The van der Waals surface area contributed by atoms with E-state index in [0.29, 0.717) is 24.3 Å². The maximum absolute atomic E-state index is 12.6. The normalized spacial score (nSPS) is 12.1. The van der Waals surface area contributed by atoms with Crippen LogP contribution >= 0.6 is 0 Å². The van der Waals surface area contributed by atoms with Crippen molar-refractivity contribution < 1.29 is 28.7 Å². The second-order valence-electron chi connectivity index (χ2n) is 8.97. The maximum Gasteiger partial charge on any atom is 0.404 e. The maximum atomic E-state index is 12.6. The Morgan fingerprint density at radius 3 is 2.26 bits per heavy atom. The fraction of sp³-hybridized carbons (Fsp3) is 0.583. The molecule has 0 spiro atoms. The second kappa shape index (κ2) is 14.2. The Morgan fingerprint density at radius 2 is 1.71 bits per heavy atom. The predicted octanol–water partition coefficient (Wildman–Crippen LogP) is 2.46. The van der Waals surface area contributed by atoms with Crippen molar-refractivity contribution in [3.63, 3.8) is 0 Å². The van der Waals surface area contributed by atoms with E-state index in [9.17, 15) is 19.2 Å². The Kier molecular flexibility index (Phi) is 12.1. The first-order valence-electron chi connectivity index (χ1n) is 11.5. The van der Waals surface area contributed by atoms with Gasteiger partial charge in [0.15, 0.2) is 0 Å². The van der Waals surface area contributed by atoms with Crippen LogP contribution < -0.4 is 21.7 Å². The minimum atomic E-state index is -0.867. The number of benzene rings is 1. The summed E-state index contributed by atoms with van der Waals surface area (Å²) in [5, 5.41) is 8.00. The van der Waals surface area contributed by atoms with Crippen LogP contribution in [0.15, 0.2) is 24.3 Å². The lowest BCUT2D eigenvalue weighted by Gasteiger charge is -2.26. The molecule has 0 aliphatic rings. The van der Waals surface area contributed by atoms with Crippen LogP contribution in [-0.2, 0) is 30.5 Å². The van der Waals surface area contributed by atoms with Gasteiger partial charge in [0.05, 0.1) is 12.1 Å². The standard InChI is InChI=1S/C24H38N4O6/c1-6-13-34-24(4,5)12-11-19(29)28-21(16(2)3)22(31)26-14-20(30)27-18-9-7-17(8-10-18)15-33-23(25)32/h7-10,16,21H,6,11-15H2,1-5H3,(H2,25,32)(H,26,31)(H,27,30)(H,28,29). The molecule has 1 rings (SSSR count). The lowest BCUT2D eigenvalue weighted by Crippen LogP contribution is -2.51. The molecular formula is C24H38N4O6. The number of hydrogen-bond acceptors (Lipinski definition) is 6. The van der Waals surface area contributed by atoms with E-state index in [1.807, 2.05) is 34.6 Å². The highest BCUT2D eigenvalue weighted by atomic mass is 16.5. The van der Waals surface area contributed by atoms with Gasteiger partial charge in [-0.25, -0.2) is 4.79 Å². The fourth-order valence-electron chi connectivity index (χ4n) is 2.97. The molecule has 10 heteroatoms. The van der Waals surface area contributed by atoms with Crippen LogP contribution in [0.1, 0.15) is 59.4 Å². The molecule has 1 atom stereocenters. The number of amides is 4. The topological polar surface area (TPSA) is 149 Å². The van der Waals surface area contributed by atoms with E-state index in [2.05, 4.69) is 16.0 Å². The Labute approximate surface area is 201 Å². The molecule has 34 heavy (non-hydrogen) atoms. The third-order valence-electron chi connectivity index (χ3n) is 4.96. The summed E-state index contributed by atoms with van der Waals surface area (Å²) in [6.07, 6.45) is 0.791. The van der Waals surface area contributed by atoms with Crippen molar-refractivity contribution in [2.75, 3.05) is 18.5 Å². The molecule has 0 bridgehead atoms. The number of anilines is 1. The fourth-order valence-corrected chi connectivity index (χ4v) is 2.97. The number of carbonyl (C=O) groups is 4. The molecule has 4 amide bonds. The molecule has 0 aliphatic heterocycles. The van der Waals surface area contributed by atoms with Crippen molar-refractivity contribution in [3.8, 4) is 0 Å². The van der Waals surface area contributed by atoms with Gasteiger partial charge in [-0.15, -0.1) is 0 Å². The molecule has 1 aromatic rings. The predicted molar refractivity (Wildman–Crippen MR) is 129 cm³/mol. The molecule has 0 fully saturated rings. The van der Waals surface area contributed by atoms with Crippen LogP contribution in [-0.4, -0.2) is 48.6 Å². The zero-order chi connectivity index (χ0) is 25.7. The minimum absolute atomic E-state index is 0.0329. The number of carbonyl (C=O) groups excluding carboxylic acids is 4. The average molecular weight is 479 g/mol. The highest BCUT2D eigenvalue weighted by Gasteiger charge is 2.26. The highest BCUT2D eigenvalue weighted by Crippen LogP contribution is 2.17. The van der Waals surface area contributed by atoms with Gasteiger partial charge in [-0.1, -0.05) is 32.9 Å². The Bertz CT molecular complexity index is 823. The number of ether oxygens (including phenoxy) is 2. The van der Waals surface area contributed by atoms with Crippen LogP contribution in [0.5, 0.6) is 0 Å². The van der Waals surface area contributed by atoms with E-state index in [1.165, 1.54) is 0 Å². The third-order valence-corrected chi connectivity index (χ3v) is 4.96. The van der Waals surface area contributed by atoms with Crippen molar-refractivity contribution in [2.24, 2.45) is 11.7 Å². The monoisotopic (exact) mass is 478 g/mol. The zero-order valence-electron chi connectivity index (χ0n) is 20.7. The van der Waals surface area contributed by atoms with Gasteiger partial charge in [0.25, 0.3) is 0 Å². The quantitative estimate of drug-likeness (QED) is 0.323. The van der Waals surface area contributed by atoms with E-state index >= 15 is 0 Å². The molecule has 0 saturated carbocycles. The van der Waals surface area contributed by atoms with Gasteiger partial charge in [0.2, 0.25) is 17.7 Å². The van der Waals surface area contributed by atoms with Crippen molar-refractivity contribution in [3.05, 3.63) is 29.8 Å². The van der Waals surface area contributed by atoms with Crippen molar-refractivity contribution >= 4 is 29.5 Å². The van der Waals surface area contributed by atoms with Gasteiger partial charge in [0.1, 0.15) is 12.6 Å². The first-order valence-corrected chi connectivity index (χ1v) is 11.5. The van der Waals surface area contributed by atoms with Crippen LogP contribution in [0.2, 0.25) is 0 Å². The van der Waals surface area contributed by atoms with E-state index < -0.39 is 29.6 Å². The first-order chi connectivity index (χ1) is 15.9. The van der Waals surface area contributed by atoms with Gasteiger partial charge in [0, 0.05) is 18.7 Å². The first kappa shape index (κ1) is 28.9. The number of nitrogens with one attached hydrogen (secondary N) is 3. The van der Waals surface area contributed by atoms with Gasteiger partial charge < -0.3 is 31.2 Å². The largest absolute Gasteiger partial charge is 0.445 e. The molecule has 1 unspecified atom stereocenters. The lowest BCUT2D eigenvalue weighted by molar-refractivity contribution is -0.131. The molecule has 0 heterocycles. The number of nitrogens with two attached hydrogens (primary N) is 1. The Morgan fingerprint density at radius 1 is 1.06 bits per heavy atom. The third kappa shape index (κ3) is 11.6. The highest BCUT2D eigenvalue weighted by molar-refractivity contribution is 5.96. The van der Waals surface area contributed by atoms with Gasteiger partial charge in [-0.05, 0) is 50.3 Å². The van der Waals surface area contributed by atoms with Crippen molar-refractivity contribution in [1.29, 1.82) is 0 Å². The molecular weight excluding hydrogens is 440 g/mol. The molecule has 190 valence electrons. The number of rotatable bonds is 14. The van der Waals surface area contributed by atoms with Crippen LogP contribution in [0, 0.1) is 5.92 Å². The second-order valence-corrected chi connectivity index (χ2v) is 8.97. The lowest BCUT2D eigenvalue weighted by atomic mass is 10.0. The summed E-state index contributed by atoms with van der Waals surface area (Å²) in [5.41, 5.74) is 5.73. The van der Waals surface area contributed by atoms with Crippen LogP contribution in [0.3, 0.4) is 0 Å². The molecule has 0 aliphatic carbocycles. The van der Waals surface area contributed by atoms with E-state index in [-0.39, 0.29) is 31.4 Å². The summed E-state index contributed by atoms with van der Waals surface area (Å²) in [4.78, 5) is 47.9. The summed E-state index contributed by atoms with van der Waals surface area (Å²) in [6, 6.07) is 5.88. The smallest absolute Gasteiger partial charge is 0.404 e. The minimum Gasteiger partial charge on any atom is -0.445 e. The van der Waals surface area contributed by atoms with Crippen LogP contribution in [0.25, 0.3) is 0 Å². The molecule has 0 aromatic heterocycles. The van der Waals surface area contributed by atoms with Gasteiger partial charge in [-0.3, -0.25) is 14.4 Å². The van der Waals surface area contributed by atoms with E-state index in [4.69, 9.17) is 15.2 Å². The van der Waals surface area contributed by atoms with Gasteiger partial charge >= 0.3 is 6.09 Å². The average Bonchev–Trinajstić information content (AvgIpc) is 2.77. The summed E-state index contributed by atoms with van der Waals surface area (Å²) in [6.45, 7) is 9.95. The SMILES string of the molecule is CCCOC(C)(C)CCC(=O)NC(C(=O)NCC(=O)Nc1ccc(COC(N)=O)cc1)C(C)C. The van der Waals surface area contributed by atoms with Crippen molar-refractivity contribution in [1.82, 2.24) is 10.6 Å². The molecule has 1 aromatic carbocycles. The summed E-state index contributed by atoms with van der Waals surface area (Å²) in [5.74, 6) is -1.25. The Balaban J connectivity index is 2.51. The Hall–Kier alpha value is -3.14. The van der Waals surface area contributed by atoms with Crippen molar-refractivity contribution in [2.45, 2.75) is 72.1 Å². The number of hydrogen-bond donors (Lipinski definition) is 4. The molecule has 5 N–H and O–H groups in total. The van der Waals surface area contributed by atoms with Gasteiger partial charge in [-0.2, -0.15) is 0 Å². The summed E-state index contributed by atoms with van der Waals surface area (Å²) in [7, 11) is 0. The molecule has 0 saturated heterocycles. The molecule has 10 nitrogen and oxygen atoms in total. The summed E-state index contributed by atoms with van der Waals surface area (Å²) >= 11 is 0. The zero-order valence-corrected chi connectivity index (χ0v) is 20.7. The van der Waals surface area contributed by atoms with E-state index in [1.54, 1.807) is 24.3 Å². The van der Waals surface area contributed by atoms with Crippen LogP contribution in [0.4, 0.5) is 10.5 Å². The molecule has 0 radical (unpaired) electrons. The summed E-state index contributed by atoms with van der Waals surface area (Å²) < 4.78 is 10.4.